The molecule has 13 heavy (non-hydrogen) atoms. The van der Waals surface area contributed by atoms with Crippen LogP contribution in [0, 0.1) is 6.92 Å². The molecule has 1 unspecified atom stereocenters. The van der Waals surface area contributed by atoms with E-state index < -0.39 is 12.1 Å². The van der Waals surface area contributed by atoms with Gasteiger partial charge in [-0.25, -0.2) is 4.79 Å². The van der Waals surface area contributed by atoms with Gasteiger partial charge in [-0.3, -0.25) is 0 Å². The van der Waals surface area contributed by atoms with E-state index in [1.165, 1.54) is 0 Å². The van der Waals surface area contributed by atoms with Crippen molar-refractivity contribution in [2.45, 2.75) is 12.5 Å². The Bertz CT molecular complexity index is 269. The zero-order chi connectivity index (χ0) is 9.68. The summed E-state index contributed by atoms with van der Waals surface area (Å²) >= 11 is 0. The molecule has 0 aromatic heterocycles. The summed E-state index contributed by atoms with van der Waals surface area (Å²) in [5, 5.41) is 8.67. The lowest BCUT2D eigenvalue weighted by Crippen LogP contribution is -2.25. The number of carbonyl (C=O) groups is 1. The lowest BCUT2D eigenvalue weighted by Gasteiger charge is -2.12. The fraction of sp³-hybridized carbons (Fsp3) is 0.200. The van der Waals surface area contributed by atoms with Crippen molar-refractivity contribution in [3.8, 4) is 5.75 Å². The largest absolute Gasteiger partial charge is 0.479 e. The van der Waals surface area contributed by atoms with Crippen LogP contribution in [0.5, 0.6) is 5.75 Å². The number of para-hydroxylation sites is 1. The predicted octanol–water partition coefficient (Wildman–Crippen LogP) is 1.74. The Kier molecular flexibility index (Phi) is 3.31. The van der Waals surface area contributed by atoms with E-state index in [1.54, 1.807) is 24.3 Å². The molecule has 1 N–H and O–H groups in total. The molecule has 1 aromatic carbocycles. The summed E-state index contributed by atoms with van der Waals surface area (Å²) in [4.78, 5) is 10.6. The van der Waals surface area contributed by atoms with Gasteiger partial charge in [-0.1, -0.05) is 18.2 Å². The van der Waals surface area contributed by atoms with Crippen LogP contribution in [0.15, 0.2) is 30.3 Å². The van der Waals surface area contributed by atoms with Gasteiger partial charge in [0.05, 0.1) is 0 Å². The zero-order valence-electron chi connectivity index (χ0n) is 7.14. The molecule has 0 amide bonds. The van der Waals surface area contributed by atoms with Crippen molar-refractivity contribution < 1.29 is 14.6 Å². The second-order valence-corrected chi connectivity index (χ2v) is 2.55. The van der Waals surface area contributed by atoms with Gasteiger partial charge in [-0.05, 0) is 25.5 Å². The van der Waals surface area contributed by atoms with Crippen molar-refractivity contribution in [2.75, 3.05) is 0 Å². The first-order valence-corrected chi connectivity index (χ1v) is 3.98. The van der Waals surface area contributed by atoms with Crippen LogP contribution in [0.2, 0.25) is 0 Å². The number of carboxylic acid groups (broad SMARTS) is 1. The average Bonchev–Trinajstić information content (AvgIpc) is 2.15. The van der Waals surface area contributed by atoms with Crippen molar-refractivity contribution in [3.05, 3.63) is 37.3 Å². The van der Waals surface area contributed by atoms with Gasteiger partial charge in [0, 0.05) is 0 Å². The molecule has 0 aliphatic rings. The first kappa shape index (κ1) is 9.58. The van der Waals surface area contributed by atoms with Crippen LogP contribution in [-0.2, 0) is 4.79 Å². The van der Waals surface area contributed by atoms with E-state index in [0.29, 0.717) is 5.75 Å². The first-order valence-electron chi connectivity index (χ1n) is 3.98. The second-order valence-electron chi connectivity index (χ2n) is 2.55. The molecule has 1 radical (unpaired) electrons. The Labute approximate surface area is 77.0 Å². The van der Waals surface area contributed by atoms with E-state index in [4.69, 9.17) is 9.84 Å². The minimum absolute atomic E-state index is 0.213. The second kappa shape index (κ2) is 4.50. The number of carboxylic acids is 1. The molecule has 0 aliphatic heterocycles. The van der Waals surface area contributed by atoms with Crippen LogP contribution in [0.25, 0.3) is 0 Å². The molecule has 69 valence electrons. The standard InChI is InChI=1S/C10H11O3/c1-2-9(10(11)12)13-8-6-4-3-5-7-8/h3-7,9H,1-2H2,(H,11,12). The van der Waals surface area contributed by atoms with Crippen molar-refractivity contribution >= 4 is 5.97 Å². The van der Waals surface area contributed by atoms with Gasteiger partial charge in [0.15, 0.2) is 6.10 Å². The minimum Gasteiger partial charge on any atom is -0.479 e. The SMILES string of the molecule is [CH2]CC(Oc1ccccc1)C(=O)O. The maximum absolute atomic E-state index is 10.6. The van der Waals surface area contributed by atoms with Gasteiger partial charge in [0.1, 0.15) is 5.75 Å². The first-order chi connectivity index (χ1) is 6.24. The molecule has 3 nitrogen and oxygen atoms in total. The monoisotopic (exact) mass is 179 g/mol. The molecular formula is C10H11O3. The summed E-state index contributed by atoms with van der Waals surface area (Å²) in [5.41, 5.74) is 0. The van der Waals surface area contributed by atoms with Crippen LogP contribution in [0.1, 0.15) is 6.42 Å². The zero-order valence-corrected chi connectivity index (χ0v) is 7.14. The molecule has 1 atom stereocenters. The van der Waals surface area contributed by atoms with Crippen LogP contribution in [0.4, 0.5) is 0 Å². The number of rotatable bonds is 4. The molecule has 0 saturated heterocycles. The smallest absolute Gasteiger partial charge is 0.344 e. The third kappa shape index (κ3) is 2.78. The quantitative estimate of drug-likeness (QED) is 0.765. The van der Waals surface area contributed by atoms with E-state index in [0.717, 1.165) is 0 Å². The van der Waals surface area contributed by atoms with Gasteiger partial charge in [-0.15, -0.1) is 0 Å². The van der Waals surface area contributed by atoms with Gasteiger partial charge >= 0.3 is 5.97 Å². The summed E-state index contributed by atoms with van der Waals surface area (Å²) in [6.07, 6.45) is -0.646. The van der Waals surface area contributed by atoms with Crippen LogP contribution in [0.3, 0.4) is 0 Å². The van der Waals surface area contributed by atoms with Gasteiger partial charge in [0.25, 0.3) is 0 Å². The minimum atomic E-state index is -0.987. The normalized spacial score (nSPS) is 12.1. The average molecular weight is 179 g/mol. The van der Waals surface area contributed by atoms with E-state index >= 15 is 0 Å². The molecule has 0 fully saturated rings. The highest BCUT2D eigenvalue weighted by atomic mass is 16.5. The number of ether oxygens (including phenoxy) is 1. The van der Waals surface area contributed by atoms with Crippen molar-refractivity contribution in [1.29, 1.82) is 0 Å². The van der Waals surface area contributed by atoms with Crippen molar-refractivity contribution in [1.82, 2.24) is 0 Å². The maximum Gasteiger partial charge on any atom is 0.344 e. The Balaban J connectivity index is 2.62. The number of benzene rings is 1. The summed E-state index contributed by atoms with van der Waals surface area (Å²) < 4.78 is 5.16. The maximum atomic E-state index is 10.6. The highest BCUT2D eigenvalue weighted by Crippen LogP contribution is 2.12. The lowest BCUT2D eigenvalue weighted by atomic mass is 10.3. The number of hydrogen-bond donors (Lipinski definition) is 1. The van der Waals surface area contributed by atoms with E-state index in [1.807, 2.05) is 6.07 Å². The van der Waals surface area contributed by atoms with E-state index in [2.05, 4.69) is 6.92 Å². The Hall–Kier alpha value is -1.51. The van der Waals surface area contributed by atoms with Crippen molar-refractivity contribution in [2.24, 2.45) is 0 Å². The van der Waals surface area contributed by atoms with Crippen LogP contribution >= 0.6 is 0 Å². The Morgan fingerprint density at radius 1 is 1.46 bits per heavy atom. The van der Waals surface area contributed by atoms with Crippen LogP contribution < -0.4 is 4.74 Å². The fourth-order valence-electron chi connectivity index (χ4n) is 0.896. The molecule has 0 heterocycles. The topological polar surface area (TPSA) is 46.5 Å². The Morgan fingerprint density at radius 2 is 2.08 bits per heavy atom. The number of aliphatic carboxylic acids is 1. The van der Waals surface area contributed by atoms with Crippen molar-refractivity contribution in [3.63, 3.8) is 0 Å². The molecule has 1 aromatic rings. The highest BCUT2D eigenvalue weighted by Gasteiger charge is 2.15. The Morgan fingerprint density at radius 3 is 2.54 bits per heavy atom. The molecule has 3 heteroatoms. The predicted molar refractivity (Wildman–Crippen MR) is 48.5 cm³/mol. The lowest BCUT2D eigenvalue weighted by molar-refractivity contribution is -0.144. The summed E-state index contributed by atoms with van der Waals surface area (Å²) in [7, 11) is 0. The molecule has 0 saturated carbocycles. The molecule has 0 aliphatic carbocycles. The molecular weight excluding hydrogens is 168 g/mol. The third-order valence-corrected chi connectivity index (χ3v) is 1.56. The van der Waals surface area contributed by atoms with Gasteiger partial charge < -0.3 is 9.84 Å². The highest BCUT2D eigenvalue weighted by molar-refractivity contribution is 5.72. The molecule has 1 rings (SSSR count). The number of hydrogen-bond acceptors (Lipinski definition) is 2. The summed E-state index contributed by atoms with van der Waals surface area (Å²) in [6.45, 7) is 3.50. The van der Waals surface area contributed by atoms with E-state index in [-0.39, 0.29) is 6.42 Å². The van der Waals surface area contributed by atoms with Gasteiger partial charge in [0.2, 0.25) is 0 Å². The third-order valence-electron chi connectivity index (χ3n) is 1.56. The molecule has 0 bridgehead atoms. The molecule has 0 spiro atoms. The fourth-order valence-corrected chi connectivity index (χ4v) is 0.896. The summed E-state index contributed by atoms with van der Waals surface area (Å²) in [6, 6.07) is 8.85. The van der Waals surface area contributed by atoms with Gasteiger partial charge in [-0.2, -0.15) is 0 Å². The van der Waals surface area contributed by atoms with Crippen LogP contribution in [-0.4, -0.2) is 17.2 Å². The van der Waals surface area contributed by atoms with E-state index in [9.17, 15) is 4.79 Å². The summed E-state index contributed by atoms with van der Waals surface area (Å²) in [5.74, 6) is -0.433.